The lowest BCUT2D eigenvalue weighted by molar-refractivity contribution is -0.385. The number of methoxy groups -OCH3 is 1. The molecule has 11 nitrogen and oxygen atoms in total. The molecule has 0 aliphatic heterocycles. The number of sulfonamides is 1. The summed E-state index contributed by atoms with van der Waals surface area (Å²) in [6.45, 7) is 2.84. The van der Waals surface area contributed by atoms with Gasteiger partial charge in [-0.1, -0.05) is 90.6 Å². The number of carbonyl (C=O) groups excluding carboxylic acids is 2. The molecule has 0 saturated carbocycles. The summed E-state index contributed by atoms with van der Waals surface area (Å²) >= 11 is 18.9. The summed E-state index contributed by atoms with van der Waals surface area (Å²) in [6.07, 6.45) is 1.62. The summed E-state index contributed by atoms with van der Waals surface area (Å²) < 4.78 is 35.2. The Morgan fingerprint density at radius 1 is 0.941 bits per heavy atom. The van der Waals surface area contributed by atoms with Crippen molar-refractivity contribution in [3.05, 3.63) is 127 Å². The number of aryl methyl sites for hydroxylation is 1. The van der Waals surface area contributed by atoms with Gasteiger partial charge in [-0.15, -0.1) is 0 Å². The Balaban J connectivity index is 1.89. The number of carbonyl (C=O) groups is 2. The van der Waals surface area contributed by atoms with E-state index >= 15 is 0 Å². The molecule has 0 aliphatic rings. The minimum Gasteiger partial charge on any atom is -0.495 e. The number of hydrogen-bond donors (Lipinski definition) is 1. The zero-order valence-corrected chi connectivity index (χ0v) is 31.2. The van der Waals surface area contributed by atoms with E-state index in [1.807, 2.05) is 37.3 Å². The van der Waals surface area contributed by atoms with Crippen molar-refractivity contribution in [2.24, 2.45) is 0 Å². The highest BCUT2D eigenvalue weighted by Crippen LogP contribution is 2.36. The smallest absolute Gasteiger partial charge is 0.273 e. The van der Waals surface area contributed by atoms with Crippen molar-refractivity contribution in [3.8, 4) is 5.75 Å². The Hall–Kier alpha value is -4.36. The van der Waals surface area contributed by atoms with Gasteiger partial charge in [0.25, 0.3) is 15.7 Å². The van der Waals surface area contributed by atoms with Gasteiger partial charge in [-0.3, -0.25) is 24.0 Å². The highest BCUT2D eigenvalue weighted by atomic mass is 35.5. The number of amides is 2. The average Bonchev–Trinajstić information content (AvgIpc) is 3.10. The van der Waals surface area contributed by atoms with Crippen LogP contribution >= 0.6 is 34.8 Å². The molecule has 0 spiro atoms. The highest BCUT2D eigenvalue weighted by molar-refractivity contribution is 7.92. The van der Waals surface area contributed by atoms with Gasteiger partial charge in [0.05, 0.1) is 32.7 Å². The molecule has 0 radical (unpaired) electrons. The molecule has 0 bridgehead atoms. The Morgan fingerprint density at radius 3 is 2.31 bits per heavy atom. The van der Waals surface area contributed by atoms with E-state index in [4.69, 9.17) is 39.5 Å². The fourth-order valence-electron chi connectivity index (χ4n) is 5.34. The minimum absolute atomic E-state index is 0.0616. The van der Waals surface area contributed by atoms with E-state index in [0.29, 0.717) is 18.5 Å². The zero-order chi connectivity index (χ0) is 37.3. The third-order valence-electron chi connectivity index (χ3n) is 8.09. The van der Waals surface area contributed by atoms with Crippen molar-refractivity contribution in [1.82, 2.24) is 10.2 Å². The number of ether oxygens (including phenoxy) is 1. The van der Waals surface area contributed by atoms with E-state index in [-0.39, 0.29) is 45.0 Å². The standard InChI is InChI=1S/C36H37Cl3N4O7S/c1-4-5-17-40-36(45)33(19-25-9-7-6-8-10-25)41(22-26-12-15-29(38)30(39)18-26)35(44)23-42(32-20-27(37)13-16-34(32)50-3)51(48,49)28-14-11-24(2)31(21-28)43(46)47/h6-16,18,20-21,33H,4-5,17,19,22-23H2,1-3H3,(H,40,45)/t33-/m1/s1. The van der Waals surface area contributed by atoms with E-state index < -0.39 is 49.9 Å². The van der Waals surface area contributed by atoms with E-state index in [1.165, 1.54) is 49.3 Å². The van der Waals surface area contributed by atoms with Crippen molar-refractivity contribution in [2.45, 2.75) is 50.6 Å². The van der Waals surface area contributed by atoms with E-state index in [1.54, 1.807) is 18.2 Å². The van der Waals surface area contributed by atoms with E-state index in [9.17, 15) is 28.1 Å². The second kappa shape index (κ2) is 17.7. The minimum atomic E-state index is -4.71. The number of nitrogens with one attached hydrogen (secondary N) is 1. The topological polar surface area (TPSA) is 139 Å². The molecule has 2 amide bonds. The van der Waals surface area contributed by atoms with Crippen LogP contribution in [0, 0.1) is 17.0 Å². The lowest BCUT2D eigenvalue weighted by Crippen LogP contribution is -2.53. The number of unbranched alkanes of at least 4 members (excludes halogenated alkanes) is 1. The van der Waals surface area contributed by atoms with Crippen molar-refractivity contribution in [2.75, 3.05) is 24.5 Å². The number of nitrogens with zero attached hydrogens (tertiary/aromatic N) is 3. The van der Waals surface area contributed by atoms with Crippen molar-refractivity contribution in [1.29, 1.82) is 0 Å². The first kappa shape index (κ1) is 39.4. The van der Waals surface area contributed by atoms with Gasteiger partial charge in [0.1, 0.15) is 18.3 Å². The fourth-order valence-corrected chi connectivity index (χ4v) is 7.26. The molecule has 15 heteroatoms. The first-order valence-corrected chi connectivity index (χ1v) is 18.5. The third-order valence-corrected chi connectivity index (χ3v) is 10.8. The number of hydrogen-bond acceptors (Lipinski definition) is 7. The van der Waals surface area contributed by atoms with Crippen LogP contribution in [-0.2, 0) is 32.6 Å². The molecule has 4 aromatic rings. The molecule has 0 aliphatic carbocycles. The predicted octanol–water partition coefficient (Wildman–Crippen LogP) is 7.62. The summed E-state index contributed by atoms with van der Waals surface area (Å²) in [5, 5.41) is 15.4. The molecule has 0 unspecified atom stereocenters. The first-order chi connectivity index (χ1) is 24.3. The molecule has 0 heterocycles. The van der Waals surface area contributed by atoms with Crippen molar-refractivity contribution in [3.63, 3.8) is 0 Å². The van der Waals surface area contributed by atoms with Gasteiger partial charge in [-0.2, -0.15) is 0 Å². The molecule has 4 rings (SSSR count). The predicted molar refractivity (Wildman–Crippen MR) is 199 cm³/mol. The second-order valence-electron chi connectivity index (χ2n) is 11.7. The summed E-state index contributed by atoms with van der Waals surface area (Å²) in [6, 6.07) is 20.5. The molecular formula is C36H37Cl3N4O7S. The lowest BCUT2D eigenvalue weighted by Gasteiger charge is -2.34. The van der Waals surface area contributed by atoms with Gasteiger partial charge in [-0.05, 0) is 60.9 Å². The van der Waals surface area contributed by atoms with Crippen LogP contribution in [-0.4, -0.2) is 56.3 Å². The van der Waals surface area contributed by atoms with Crippen LogP contribution in [0.25, 0.3) is 0 Å². The summed E-state index contributed by atoms with van der Waals surface area (Å²) in [4.78, 5) is 40.7. The molecule has 1 atom stereocenters. The molecule has 0 aromatic heterocycles. The monoisotopic (exact) mass is 774 g/mol. The van der Waals surface area contributed by atoms with Crippen LogP contribution in [0.15, 0.2) is 89.8 Å². The van der Waals surface area contributed by atoms with Gasteiger partial charge in [0, 0.05) is 36.2 Å². The van der Waals surface area contributed by atoms with E-state index in [2.05, 4.69) is 5.32 Å². The Kier molecular flexibility index (Phi) is 13.7. The van der Waals surface area contributed by atoms with Crippen LogP contribution in [0.4, 0.5) is 11.4 Å². The number of nitro benzene ring substituents is 1. The second-order valence-corrected chi connectivity index (χ2v) is 14.8. The molecule has 51 heavy (non-hydrogen) atoms. The summed E-state index contributed by atoms with van der Waals surface area (Å²) in [7, 11) is -3.39. The molecule has 0 fully saturated rings. The molecule has 270 valence electrons. The number of nitro groups is 1. The van der Waals surface area contributed by atoms with Crippen molar-refractivity contribution < 1.29 is 27.7 Å². The van der Waals surface area contributed by atoms with Gasteiger partial charge < -0.3 is 15.0 Å². The highest BCUT2D eigenvalue weighted by Gasteiger charge is 2.36. The fraction of sp³-hybridized carbons (Fsp3) is 0.278. The Labute approximate surface area is 312 Å². The van der Waals surface area contributed by atoms with Gasteiger partial charge in [0.2, 0.25) is 11.8 Å². The Bertz CT molecular complexity index is 2000. The molecule has 0 saturated heterocycles. The summed E-state index contributed by atoms with van der Waals surface area (Å²) in [5.41, 5.74) is 1.01. The van der Waals surface area contributed by atoms with Crippen LogP contribution in [0.2, 0.25) is 15.1 Å². The quantitative estimate of drug-likeness (QED) is 0.0702. The number of rotatable bonds is 16. The van der Waals surface area contributed by atoms with Crippen LogP contribution in [0.3, 0.4) is 0 Å². The maximum Gasteiger partial charge on any atom is 0.273 e. The molecule has 1 N–H and O–H groups in total. The van der Waals surface area contributed by atoms with Gasteiger partial charge in [-0.25, -0.2) is 8.42 Å². The van der Waals surface area contributed by atoms with Crippen LogP contribution < -0.4 is 14.4 Å². The molecule has 4 aromatic carbocycles. The number of anilines is 1. The third kappa shape index (κ3) is 9.91. The molecular weight excluding hydrogens is 739 g/mol. The number of benzene rings is 4. The van der Waals surface area contributed by atoms with Crippen molar-refractivity contribution >= 4 is 68.0 Å². The van der Waals surface area contributed by atoms with Crippen LogP contribution in [0.5, 0.6) is 5.75 Å². The largest absolute Gasteiger partial charge is 0.495 e. The van der Waals surface area contributed by atoms with E-state index in [0.717, 1.165) is 22.4 Å². The zero-order valence-electron chi connectivity index (χ0n) is 28.1. The summed E-state index contributed by atoms with van der Waals surface area (Å²) in [5.74, 6) is -1.14. The van der Waals surface area contributed by atoms with Crippen LogP contribution in [0.1, 0.15) is 36.5 Å². The Morgan fingerprint density at radius 2 is 1.67 bits per heavy atom. The first-order valence-electron chi connectivity index (χ1n) is 15.9. The maximum absolute atomic E-state index is 14.7. The van der Waals surface area contributed by atoms with Gasteiger partial charge >= 0.3 is 0 Å². The van der Waals surface area contributed by atoms with Gasteiger partial charge in [0.15, 0.2) is 0 Å². The number of halogens is 3. The normalized spacial score (nSPS) is 11.8. The SMILES string of the molecule is CCCCNC(=O)[C@@H](Cc1ccccc1)N(Cc1ccc(Cl)c(Cl)c1)C(=O)CN(c1cc(Cl)ccc1OC)S(=O)(=O)c1ccc(C)c([N+](=O)[O-])c1. The maximum atomic E-state index is 14.7. The average molecular weight is 776 g/mol. The lowest BCUT2D eigenvalue weighted by atomic mass is 10.0.